The number of aromatic nitrogens is 2. The van der Waals surface area contributed by atoms with E-state index in [2.05, 4.69) is 15.3 Å². The molecule has 0 aromatic carbocycles. The summed E-state index contributed by atoms with van der Waals surface area (Å²) in [6.45, 7) is 0. The Morgan fingerprint density at radius 3 is 2.60 bits per heavy atom. The Morgan fingerprint density at radius 2 is 2.05 bits per heavy atom. The van der Waals surface area contributed by atoms with E-state index in [1.165, 1.54) is 36.8 Å². The van der Waals surface area contributed by atoms with Crippen molar-refractivity contribution >= 4 is 21.4 Å². The van der Waals surface area contributed by atoms with Gasteiger partial charge in [-0.2, -0.15) is 0 Å². The summed E-state index contributed by atoms with van der Waals surface area (Å²) >= 11 is 0. The van der Waals surface area contributed by atoms with Crippen LogP contribution in [0.4, 0.5) is 5.69 Å². The van der Waals surface area contributed by atoms with Crippen molar-refractivity contribution in [2.75, 3.05) is 11.6 Å². The molecule has 8 heteroatoms. The number of nitrogens with zero attached hydrogens (tertiary/aromatic N) is 1. The monoisotopic (exact) mass is 293 g/mol. The molecule has 2 aromatic heterocycles. The topological polar surface area (TPSA) is 109 Å². The standard InChI is InChI=1S/C12H11N3O4S/c1-20(18,19)11-3-2-8(6-14-11)15-12(17)9-7-13-5-4-10(9)16/h2-7H,1H3,(H,13,16)(H,15,17). The maximum atomic E-state index is 11.8. The minimum Gasteiger partial charge on any atom is -0.367 e. The molecule has 2 aromatic rings. The summed E-state index contributed by atoms with van der Waals surface area (Å²) in [6, 6.07) is 3.92. The number of hydrogen-bond acceptors (Lipinski definition) is 5. The van der Waals surface area contributed by atoms with Gasteiger partial charge in [0.15, 0.2) is 20.3 Å². The van der Waals surface area contributed by atoms with Gasteiger partial charge in [0.1, 0.15) is 5.56 Å². The zero-order chi connectivity index (χ0) is 14.8. The molecule has 2 N–H and O–H groups in total. The van der Waals surface area contributed by atoms with Crippen LogP contribution < -0.4 is 10.7 Å². The summed E-state index contributed by atoms with van der Waals surface area (Å²) in [5.41, 5.74) is -0.160. The van der Waals surface area contributed by atoms with Gasteiger partial charge in [0, 0.05) is 24.7 Å². The fourth-order valence-corrected chi connectivity index (χ4v) is 2.03. The Labute approximate surface area is 114 Å². The highest BCUT2D eigenvalue weighted by atomic mass is 32.2. The second-order valence-corrected chi connectivity index (χ2v) is 6.00. The van der Waals surface area contributed by atoms with Crippen LogP contribution in [0.15, 0.2) is 46.6 Å². The average molecular weight is 293 g/mol. The number of aromatic amines is 1. The molecule has 0 aliphatic rings. The molecular formula is C12H11N3O4S. The fourth-order valence-electron chi connectivity index (χ4n) is 1.47. The Bertz CT molecular complexity index is 794. The highest BCUT2D eigenvalue weighted by molar-refractivity contribution is 7.90. The molecule has 2 rings (SSSR count). The van der Waals surface area contributed by atoms with Crippen molar-refractivity contribution in [3.05, 3.63) is 52.6 Å². The maximum absolute atomic E-state index is 11.8. The zero-order valence-corrected chi connectivity index (χ0v) is 11.3. The summed E-state index contributed by atoms with van der Waals surface area (Å²) in [5, 5.41) is 2.37. The molecule has 0 radical (unpaired) electrons. The highest BCUT2D eigenvalue weighted by Gasteiger charge is 2.11. The highest BCUT2D eigenvalue weighted by Crippen LogP contribution is 2.10. The van der Waals surface area contributed by atoms with Gasteiger partial charge in [0.05, 0.1) is 11.9 Å². The Balaban J connectivity index is 2.21. The Kier molecular flexibility index (Phi) is 3.66. The molecule has 20 heavy (non-hydrogen) atoms. The van der Waals surface area contributed by atoms with E-state index in [0.29, 0.717) is 5.69 Å². The van der Waals surface area contributed by atoms with Crippen LogP contribution in [0.2, 0.25) is 0 Å². The molecule has 0 fully saturated rings. The van der Waals surface area contributed by atoms with Gasteiger partial charge in [-0.05, 0) is 12.1 Å². The molecule has 7 nitrogen and oxygen atoms in total. The van der Waals surface area contributed by atoms with Gasteiger partial charge in [0.2, 0.25) is 0 Å². The average Bonchev–Trinajstić information content (AvgIpc) is 2.38. The number of amides is 1. The number of carbonyl (C=O) groups is 1. The lowest BCUT2D eigenvalue weighted by Crippen LogP contribution is -2.21. The smallest absolute Gasteiger partial charge is 0.261 e. The van der Waals surface area contributed by atoms with Crippen LogP contribution in [0.25, 0.3) is 0 Å². The molecule has 0 bridgehead atoms. The van der Waals surface area contributed by atoms with E-state index in [0.717, 1.165) is 6.26 Å². The van der Waals surface area contributed by atoms with Gasteiger partial charge in [-0.1, -0.05) is 0 Å². The van der Waals surface area contributed by atoms with Gasteiger partial charge in [-0.25, -0.2) is 13.4 Å². The van der Waals surface area contributed by atoms with E-state index in [1.54, 1.807) is 0 Å². The maximum Gasteiger partial charge on any atom is 0.261 e. The lowest BCUT2D eigenvalue weighted by atomic mass is 10.2. The van der Waals surface area contributed by atoms with E-state index < -0.39 is 21.2 Å². The van der Waals surface area contributed by atoms with Gasteiger partial charge in [0.25, 0.3) is 5.91 Å². The lowest BCUT2D eigenvalue weighted by molar-refractivity contribution is 0.102. The van der Waals surface area contributed by atoms with Crippen LogP contribution in [0.3, 0.4) is 0 Å². The summed E-state index contributed by atoms with van der Waals surface area (Å²) < 4.78 is 22.5. The third-order valence-corrected chi connectivity index (χ3v) is 3.44. The van der Waals surface area contributed by atoms with Gasteiger partial charge < -0.3 is 10.3 Å². The van der Waals surface area contributed by atoms with Crippen molar-refractivity contribution in [2.45, 2.75) is 5.03 Å². The normalized spacial score (nSPS) is 11.1. The molecule has 0 aliphatic heterocycles. The van der Waals surface area contributed by atoms with Crippen molar-refractivity contribution in [3.8, 4) is 0 Å². The Morgan fingerprint density at radius 1 is 1.30 bits per heavy atom. The van der Waals surface area contributed by atoms with Gasteiger partial charge in [-0.15, -0.1) is 0 Å². The number of H-pyrrole nitrogens is 1. The molecular weight excluding hydrogens is 282 g/mol. The SMILES string of the molecule is CS(=O)(=O)c1ccc(NC(=O)c2c[nH]ccc2=O)cn1. The molecule has 2 heterocycles. The van der Waals surface area contributed by atoms with E-state index in [9.17, 15) is 18.0 Å². The van der Waals surface area contributed by atoms with Crippen molar-refractivity contribution in [1.29, 1.82) is 0 Å². The third-order valence-electron chi connectivity index (χ3n) is 2.44. The lowest BCUT2D eigenvalue weighted by Gasteiger charge is -2.04. The van der Waals surface area contributed by atoms with Gasteiger partial charge in [-0.3, -0.25) is 9.59 Å². The summed E-state index contributed by atoms with van der Waals surface area (Å²) in [5.74, 6) is -0.597. The second kappa shape index (κ2) is 5.25. The first-order valence-corrected chi connectivity index (χ1v) is 7.41. The van der Waals surface area contributed by atoms with Gasteiger partial charge >= 0.3 is 0 Å². The summed E-state index contributed by atoms with van der Waals surface area (Å²) in [6.07, 6.45) is 4.96. The van der Waals surface area contributed by atoms with E-state index >= 15 is 0 Å². The molecule has 1 amide bonds. The molecule has 104 valence electrons. The van der Waals surface area contributed by atoms with Crippen molar-refractivity contribution < 1.29 is 13.2 Å². The van der Waals surface area contributed by atoms with Crippen LogP contribution in [0.1, 0.15) is 10.4 Å². The van der Waals surface area contributed by atoms with Crippen LogP contribution in [-0.2, 0) is 9.84 Å². The van der Waals surface area contributed by atoms with E-state index in [1.807, 2.05) is 0 Å². The zero-order valence-electron chi connectivity index (χ0n) is 10.5. The number of hydrogen-bond donors (Lipinski definition) is 2. The van der Waals surface area contributed by atoms with E-state index in [-0.39, 0.29) is 10.6 Å². The summed E-state index contributed by atoms with van der Waals surface area (Å²) in [4.78, 5) is 29.7. The van der Waals surface area contributed by atoms with Crippen LogP contribution >= 0.6 is 0 Å². The Hall–Kier alpha value is -2.48. The molecule has 0 saturated carbocycles. The largest absolute Gasteiger partial charge is 0.367 e. The van der Waals surface area contributed by atoms with E-state index in [4.69, 9.17) is 0 Å². The predicted molar refractivity (Wildman–Crippen MR) is 72.4 cm³/mol. The van der Waals surface area contributed by atoms with Crippen molar-refractivity contribution in [2.24, 2.45) is 0 Å². The molecule has 0 aliphatic carbocycles. The van der Waals surface area contributed by atoms with Crippen molar-refractivity contribution in [1.82, 2.24) is 9.97 Å². The predicted octanol–water partition coefficient (Wildman–Crippen LogP) is 0.426. The van der Waals surface area contributed by atoms with Crippen LogP contribution in [0.5, 0.6) is 0 Å². The molecule has 0 unspecified atom stereocenters. The number of carbonyl (C=O) groups excluding carboxylic acids is 1. The third kappa shape index (κ3) is 3.09. The minimum absolute atomic E-state index is 0.0420. The fraction of sp³-hybridized carbons (Fsp3) is 0.0833. The minimum atomic E-state index is -3.39. The number of nitrogens with one attached hydrogen (secondary N) is 2. The number of sulfone groups is 1. The first kappa shape index (κ1) is 13.9. The number of anilines is 1. The van der Waals surface area contributed by atoms with Crippen LogP contribution in [0, 0.1) is 0 Å². The summed E-state index contributed by atoms with van der Waals surface area (Å²) in [7, 11) is -3.39. The quantitative estimate of drug-likeness (QED) is 0.852. The first-order chi connectivity index (χ1) is 9.38. The first-order valence-electron chi connectivity index (χ1n) is 5.52. The second-order valence-electron chi connectivity index (χ2n) is 4.03. The molecule has 0 saturated heterocycles. The molecule has 0 atom stereocenters. The van der Waals surface area contributed by atoms with Crippen LogP contribution in [-0.4, -0.2) is 30.5 Å². The number of rotatable bonds is 3. The number of pyridine rings is 2. The molecule has 0 spiro atoms. The van der Waals surface area contributed by atoms with Crippen molar-refractivity contribution in [3.63, 3.8) is 0 Å².